The quantitative estimate of drug-likeness (QED) is 0.662. The van der Waals surface area contributed by atoms with E-state index in [4.69, 9.17) is 16.2 Å². The highest BCUT2D eigenvalue weighted by Gasteiger charge is 2.39. The normalized spacial score (nSPS) is 24.9. The van der Waals surface area contributed by atoms with Crippen molar-refractivity contribution in [3.63, 3.8) is 0 Å². The molecule has 1 aliphatic rings. The zero-order valence-electron chi connectivity index (χ0n) is 7.69. The van der Waals surface area contributed by atoms with Crippen LogP contribution in [0.1, 0.15) is 12.0 Å². The van der Waals surface area contributed by atoms with E-state index in [9.17, 15) is 4.79 Å². The minimum absolute atomic E-state index is 0.427. The van der Waals surface area contributed by atoms with Crippen LogP contribution in [0.5, 0.6) is 5.75 Å². The van der Waals surface area contributed by atoms with Gasteiger partial charge in [0.05, 0.1) is 6.61 Å². The summed E-state index contributed by atoms with van der Waals surface area (Å²) >= 11 is 0. The summed E-state index contributed by atoms with van der Waals surface area (Å²) in [5.41, 5.74) is 10.9. The second-order valence-corrected chi connectivity index (χ2v) is 3.43. The molecule has 1 heterocycles. The molecule has 4 heteroatoms. The third-order valence-electron chi connectivity index (χ3n) is 2.56. The number of rotatable bonds is 1. The third-order valence-corrected chi connectivity index (χ3v) is 2.56. The zero-order chi connectivity index (χ0) is 10.2. The van der Waals surface area contributed by atoms with E-state index in [0.29, 0.717) is 24.3 Å². The van der Waals surface area contributed by atoms with Crippen molar-refractivity contribution in [1.82, 2.24) is 0 Å². The summed E-state index contributed by atoms with van der Waals surface area (Å²) in [5, 5.41) is 0. The Morgan fingerprint density at radius 1 is 1.43 bits per heavy atom. The van der Waals surface area contributed by atoms with Crippen molar-refractivity contribution in [3.8, 4) is 5.75 Å². The number of fused-ring (bicyclic) bond motifs is 1. The van der Waals surface area contributed by atoms with Gasteiger partial charge in [0.15, 0.2) is 0 Å². The fraction of sp³-hybridized carbons (Fsp3) is 0.300. The summed E-state index contributed by atoms with van der Waals surface area (Å²) < 4.78 is 5.38. The van der Waals surface area contributed by atoms with Crippen LogP contribution in [0.4, 0.5) is 0 Å². The maximum atomic E-state index is 11.3. The molecule has 0 aromatic heterocycles. The van der Waals surface area contributed by atoms with Gasteiger partial charge in [0.25, 0.3) is 0 Å². The molecule has 4 nitrogen and oxygen atoms in total. The molecule has 0 spiro atoms. The third kappa shape index (κ3) is 1.15. The van der Waals surface area contributed by atoms with Gasteiger partial charge >= 0.3 is 0 Å². The van der Waals surface area contributed by atoms with Crippen molar-refractivity contribution in [2.24, 2.45) is 11.5 Å². The van der Waals surface area contributed by atoms with Gasteiger partial charge in [-0.25, -0.2) is 0 Å². The van der Waals surface area contributed by atoms with Gasteiger partial charge in [-0.1, -0.05) is 18.2 Å². The van der Waals surface area contributed by atoms with Crippen molar-refractivity contribution >= 4 is 5.91 Å². The molecule has 0 unspecified atom stereocenters. The van der Waals surface area contributed by atoms with Crippen LogP contribution in [-0.4, -0.2) is 12.5 Å². The Kier molecular flexibility index (Phi) is 1.93. The van der Waals surface area contributed by atoms with Crippen molar-refractivity contribution in [2.45, 2.75) is 12.0 Å². The summed E-state index contributed by atoms with van der Waals surface area (Å²) in [6.45, 7) is 0.427. The molecule has 0 bridgehead atoms. The van der Waals surface area contributed by atoms with Gasteiger partial charge in [-0.2, -0.15) is 0 Å². The maximum Gasteiger partial charge on any atom is 0.242 e. The Bertz CT molecular complexity index is 378. The predicted molar refractivity (Wildman–Crippen MR) is 51.6 cm³/mol. The molecule has 1 aliphatic heterocycles. The monoisotopic (exact) mass is 192 g/mol. The Balaban J connectivity index is 2.55. The molecule has 74 valence electrons. The molecule has 1 amide bonds. The molecule has 1 atom stereocenters. The fourth-order valence-electron chi connectivity index (χ4n) is 1.67. The molecule has 0 aliphatic carbocycles. The topological polar surface area (TPSA) is 78.3 Å². The summed E-state index contributed by atoms with van der Waals surface area (Å²) in [4.78, 5) is 11.3. The molecule has 2 rings (SSSR count). The number of hydrogen-bond donors (Lipinski definition) is 2. The van der Waals surface area contributed by atoms with E-state index in [-0.39, 0.29) is 0 Å². The fourth-order valence-corrected chi connectivity index (χ4v) is 1.67. The average molecular weight is 192 g/mol. The van der Waals surface area contributed by atoms with Crippen LogP contribution in [-0.2, 0) is 10.3 Å². The van der Waals surface area contributed by atoms with Crippen LogP contribution in [0.15, 0.2) is 24.3 Å². The van der Waals surface area contributed by atoms with E-state index in [1.54, 1.807) is 12.1 Å². The molecule has 0 saturated carbocycles. The summed E-state index contributed by atoms with van der Waals surface area (Å²) in [5.74, 6) is 0.147. The number of nitrogens with two attached hydrogens (primary N) is 2. The smallest absolute Gasteiger partial charge is 0.242 e. The minimum atomic E-state index is -1.07. The van der Waals surface area contributed by atoms with Crippen LogP contribution in [0.2, 0.25) is 0 Å². The predicted octanol–water partition coefficient (Wildman–Crippen LogP) is 0.108. The Morgan fingerprint density at radius 2 is 2.14 bits per heavy atom. The van der Waals surface area contributed by atoms with Crippen molar-refractivity contribution in [1.29, 1.82) is 0 Å². The zero-order valence-corrected chi connectivity index (χ0v) is 7.69. The summed E-state index contributed by atoms with van der Waals surface area (Å²) in [6.07, 6.45) is 0.430. The van der Waals surface area contributed by atoms with Crippen LogP contribution in [0.3, 0.4) is 0 Å². The lowest BCUT2D eigenvalue weighted by Gasteiger charge is -2.32. The van der Waals surface area contributed by atoms with Crippen LogP contribution < -0.4 is 16.2 Å². The van der Waals surface area contributed by atoms with E-state index >= 15 is 0 Å². The van der Waals surface area contributed by atoms with Gasteiger partial charge in [0.2, 0.25) is 5.91 Å². The number of benzene rings is 1. The Morgan fingerprint density at radius 3 is 2.86 bits per heavy atom. The van der Waals surface area contributed by atoms with E-state index in [1.807, 2.05) is 12.1 Å². The molecule has 4 N–H and O–H groups in total. The molecular weight excluding hydrogens is 180 g/mol. The largest absolute Gasteiger partial charge is 0.493 e. The number of para-hydroxylation sites is 1. The first-order chi connectivity index (χ1) is 6.64. The Hall–Kier alpha value is -1.55. The number of ether oxygens (including phenoxy) is 1. The lowest BCUT2D eigenvalue weighted by molar-refractivity contribution is -0.124. The van der Waals surface area contributed by atoms with Crippen molar-refractivity contribution < 1.29 is 9.53 Å². The van der Waals surface area contributed by atoms with E-state index < -0.39 is 11.4 Å². The standard InChI is InChI=1S/C10H12N2O2/c11-9(13)10(12)5-6-14-8-4-2-1-3-7(8)10/h1-4H,5-6,12H2,(H2,11,13)/t10-/m1/s1. The lowest BCUT2D eigenvalue weighted by atomic mass is 9.85. The van der Waals surface area contributed by atoms with E-state index in [1.165, 1.54) is 0 Å². The molecule has 1 aromatic rings. The number of amides is 1. The van der Waals surface area contributed by atoms with Crippen molar-refractivity contribution in [3.05, 3.63) is 29.8 Å². The molecule has 1 aromatic carbocycles. The van der Waals surface area contributed by atoms with Gasteiger partial charge < -0.3 is 16.2 Å². The second kappa shape index (κ2) is 2.99. The second-order valence-electron chi connectivity index (χ2n) is 3.43. The van der Waals surface area contributed by atoms with Gasteiger partial charge in [-0.15, -0.1) is 0 Å². The molecule has 0 radical (unpaired) electrons. The van der Waals surface area contributed by atoms with Gasteiger partial charge in [-0.3, -0.25) is 4.79 Å². The molecular formula is C10H12N2O2. The Labute approximate surface area is 81.8 Å². The number of carbonyl (C=O) groups is 1. The van der Waals surface area contributed by atoms with Crippen LogP contribution in [0, 0.1) is 0 Å². The molecule has 14 heavy (non-hydrogen) atoms. The highest BCUT2D eigenvalue weighted by atomic mass is 16.5. The highest BCUT2D eigenvalue weighted by molar-refractivity contribution is 5.87. The summed E-state index contributed by atoms with van der Waals surface area (Å²) in [6, 6.07) is 7.22. The SMILES string of the molecule is NC(=O)[C@@]1(N)CCOc2ccccc21. The first-order valence-electron chi connectivity index (χ1n) is 4.46. The van der Waals surface area contributed by atoms with Crippen LogP contribution >= 0.6 is 0 Å². The van der Waals surface area contributed by atoms with Crippen LogP contribution in [0.25, 0.3) is 0 Å². The first kappa shape index (κ1) is 9.02. The lowest BCUT2D eigenvalue weighted by Crippen LogP contribution is -2.51. The van der Waals surface area contributed by atoms with Gasteiger partial charge in [0, 0.05) is 12.0 Å². The maximum absolute atomic E-state index is 11.3. The molecule has 0 saturated heterocycles. The number of primary amides is 1. The van der Waals surface area contributed by atoms with Gasteiger partial charge in [-0.05, 0) is 6.07 Å². The first-order valence-corrected chi connectivity index (χ1v) is 4.46. The minimum Gasteiger partial charge on any atom is -0.493 e. The molecule has 0 fully saturated rings. The highest BCUT2D eigenvalue weighted by Crippen LogP contribution is 2.34. The van der Waals surface area contributed by atoms with E-state index in [2.05, 4.69) is 0 Å². The van der Waals surface area contributed by atoms with Gasteiger partial charge in [0.1, 0.15) is 11.3 Å². The number of hydrogen-bond acceptors (Lipinski definition) is 3. The van der Waals surface area contributed by atoms with Crippen molar-refractivity contribution in [2.75, 3.05) is 6.61 Å². The van der Waals surface area contributed by atoms with E-state index in [0.717, 1.165) is 0 Å². The summed E-state index contributed by atoms with van der Waals surface area (Å²) in [7, 11) is 0. The number of carbonyl (C=O) groups excluding carboxylic acids is 1. The average Bonchev–Trinajstić information content (AvgIpc) is 2.18.